The molecule has 1 N–H and O–H groups in total. The summed E-state index contributed by atoms with van der Waals surface area (Å²) in [6, 6.07) is 3.67. The number of hydrogen-bond donors (Lipinski definition) is 1. The van der Waals surface area contributed by atoms with Crippen LogP contribution in [-0.2, 0) is 14.8 Å². The van der Waals surface area contributed by atoms with Crippen molar-refractivity contribution in [3.8, 4) is 0 Å². The molecular weight excluding hydrogens is 300 g/mol. The molecule has 1 aromatic carbocycles. The molecule has 0 bridgehead atoms. The third kappa shape index (κ3) is 3.67. The quantitative estimate of drug-likeness (QED) is 0.923. The maximum absolute atomic E-state index is 12.7. The van der Waals surface area contributed by atoms with Gasteiger partial charge in [0.05, 0.1) is 4.90 Å². The van der Waals surface area contributed by atoms with E-state index in [0.717, 1.165) is 16.7 Å². The monoisotopic (exact) mass is 324 g/mol. The Morgan fingerprint density at radius 3 is 2.09 bits per heavy atom. The number of nitrogens with one attached hydrogen (secondary N) is 1. The van der Waals surface area contributed by atoms with Gasteiger partial charge in [-0.05, 0) is 44.7 Å². The lowest BCUT2D eigenvalue weighted by Crippen LogP contribution is -2.46. The SMILES string of the molecule is CC(=O)N1CCC(NS(=O)(=O)c2c(C)cc(C)cc2C)CC1. The lowest BCUT2D eigenvalue weighted by Gasteiger charge is -2.31. The molecule has 1 heterocycles. The van der Waals surface area contributed by atoms with E-state index in [2.05, 4.69) is 4.72 Å². The summed E-state index contributed by atoms with van der Waals surface area (Å²) in [7, 11) is -3.53. The summed E-state index contributed by atoms with van der Waals surface area (Å²) in [6.07, 6.45) is 1.31. The van der Waals surface area contributed by atoms with E-state index in [4.69, 9.17) is 0 Å². The molecule has 6 heteroatoms. The van der Waals surface area contributed by atoms with Crippen LogP contribution in [-0.4, -0.2) is 38.4 Å². The summed E-state index contributed by atoms with van der Waals surface area (Å²) in [5, 5.41) is 0. The largest absolute Gasteiger partial charge is 0.343 e. The molecule has 1 aromatic rings. The maximum Gasteiger partial charge on any atom is 0.241 e. The van der Waals surface area contributed by atoms with Crippen LogP contribution in [0.4, 0.5) is 0 Å². The minimum atomic E-state index is -3.53. The van der Waals surface area contributed by atoms with Crippen LogP contribution >= 0.6 is 0 Å². The van der Waals surface area contributed by atoms with Gasteiger partial charge in [-0.3, -0.25) is 4.79 Å². The molecule has 0 saturated carbocycles. The Morgan fingerprint density at radius 2 is 1.64 bits per heavy atom. The fraction of sp³-hybridized carbons (Fsp3) is 0.562. The Balaban J connectivity index is 2.15. The molecule has 0 aromatic heterocycles. The number of piperidine rings is 1. The van der Waals surface area contributed by atoms with Gasteiger partial charge in [-0.25, -0.2) is 13.1 Å². The molecule has 1 fully saturated rings. The maximum atomic E-state index is 12.7. The number of amides is 1. The third-order valence-corrected chi connectivity index (χ3v) is 5.96. The molecule has 122 valence electrons. The van der Waals surface area contributed by atoms with Crippen molar-refractivity contribution in [3.63, 3.8) is 0 Å². The molecule has 1 saturated heterocycles. The van der Waals surface area contributed by atoms with Gasteiger partial charge in [0.25, 0.3) is 0 Å². The minimum Gasteiger partial charge on any atom is -0.343 e. The Labute approximate surface area is 132 Å². The molecule has 0 unspecified atom stereocenters. The van der Waals surface area contributed by atoms with Gasteiger partial charge in [-0.2, -0.15) is 0 Å². The van der Waals surface area contributed by atoms with Crippen molar-refractivity contribution in [2.45, 2.75) is 51.5 Å². The highest BCUT2D eigenvalue weighted by atomic mass is 32.2. The van der Waals surface area contributed by atoms with Crippen molar-refractivity contribution < 1.29 is 13.2 Å². The number of carbonyl (C=O) groups is 1. The molecule has 0 spiro atoms. The lowest BCUT2D eigenvalue weighted by molar-refractivity contribution is -0.129. The fourth-order valence-corrected chi connectivity index (χ4v) is 4.94. The first kappa shape index (κ1) is 17.0. The van der Waals surface area contributed by atoms with Gasteiger partial charge >= 0.3 is 0 Å². The normalized spacial score (nSPS) is 16.8. The molecule has 0 radical (unpaired) electrons. The smallest absolute Gasteiger partial charge is 0.241 e. The predicted molar refractivity (Wildman–Crippen MR) is 86.3 cm³/mol. The van der Waals surface area contributed by atoms with Crippen LogP contribution in [0.2, 0.25) is 0 Å². The molecule has 22 heavy (non-hydrogen) atoms. The van der Waals surface area contributed by atoms with E-state index in [1.807, 2.05) is 32.9 Å². The average Bonchev–Trinajstić information content (AvgIpc) is 2.36. The van der Waals surface area contributed by atoms with Crippen molar-refractivity contribution >= 4 is 15.9 Å². The van der Waals surface area contributed by atoms with E-state index in [0.29, 0.717) is 30.8 Å². The van der Waals surface area contributed by atoms with Crippen LogP contribution in [0, 0.1) is 20.8 Å². The molecule has 2 rings (SSSR count). The molecule has 1 amide bonds. The first-order valence-electron chi connectivity index (χ1n) is 7.56. The van der Waals surface area contributed by atoms with E-state index >= 15 is 0 Å². The molecule has 1 aliphatic heterocycles. The Hall–Kier alpha value is -1.40. The van der Waals surface area contributed by atoms with Gasteiger partial charge in [-0.15, -0.1) is 0 Å². The Morgan fingerprint density at radius 1 is 1.14 bits per heavy atom. The highest BCUT2D eigenvalue weighted by Crippen LogP contribution is 2.23. The van der Waals surface area contributed by atoms with Crippen LogP contribution in [0.1, 0.15) is 36.5 Å². The summed E-state index contributed by atoms with van der Waals surface area (Å²) in [5.74, 6) is 0.0477. The van der Waals surface area contributed by atoms with Crippen LogP contribution in [0.3, 0.4) is 0 Å². The number of aryl methyl sites for hydroxylation is 3. The minimum absolute atomic E-state index is 0.0477. The van der Waals surface area contributed by atoms with Crippen LogP contribution in [0.15, 0.2) is 17.0 Å². The second-order valence-corrected chi connectivity index (χ2v) is 7.78. The van der Waals surface area contributed by atoms with Gasteiger partial charge in [0.1, 0.15) is 0 Å². The summed E-state index contributed by atoms with van der Waals surface area (Å²) in [6.45, 7) is 8.37. The Kier molecular flexibility index (Phi) is 4.92. The average molecular weight is 324 g/mol. The summed E-state index contributed by atoms with van der Waals surface area (Å²) >= 11 is 0. The molecule has 0 atom stereocenters. The molecule has 0 aliphatic carbocycles. The number of nitrogens with zero attached hydrogens (tertiary/aromatic N) is 1. The zero-order valence-corrected chi connectivity index (χ0v) is 14.5. The van der Waals surface area contributed by atoms with Gasteiger partial charge in [0, 0.05) is 26.1 Å². The zero-order chi connectivity index (χ0) is 16.5. The first-order chi connectivity index (χ1) is 10.2. The van der Waals surface area contributed by atoms with Gasteiger partial charge in [0.15, 0.2) is 0 Å². The van der Waals surface area contributed by atoms with Crippen LogP contribution < -0.4 is 4.72 Å². The van der Waals surface area contributed by atoms with Gasteiger partial charge in [0.2, 0.25) is 15.9 Å². The summed E-state index contributed by atoms with van der Waals surface area (Å²) in [5.41, 5.74) is 2.60. The Bertz CT molecular complexity index is 652. The summed E-state index contributed by atoms with van der Waals surface area (Å²) in [4.78, 5) is 13.5. The highest BCUT2D eigenvalue weighted by Gasteiger charge is 2.27. The number of hydrogen-bond acceptors (Lipinski definition) is 3. The fourth-order valence-electron chi connectivity index (χ4n) is 3.18. The predicted octanol–water partition coefficient (Wildman–Crippen LogP) is 1.90. The number of sulfonamides is 1. The van der Waals surface area contributed by atoms with Crippen LogP contribution in [0.25, 0.3) is 0 Å². The third-order valence-electron chi connectivity index (χ3n) is 4.14. The molecule has 1 aliphatic rings. The standard InChI is InChI=1S/C16H24N2O3S/c1-11-9-12(2)16(13(3)10-11)22(20,21)17-15-5-7-18(8-6-15)14(4)19/h9-10,15,17H,5-8H2,1-4H3. The van der Waals surface area contributed by atoms with E-state index in [9.17, 15) is 13.2 Å². The van der Waals surface area contributed by atoms with E-state index in [1.165, 1.54) is 0 Å². The summed E-state index contributed by atoms with van der Waals surface area (Å²) < 4.78 is 28.2. The number of rotatable bonds is 3. The van der Waals surface area contributed by atoms with Crippen LogP contribution in [0.5, 0.6) is 0 Å². The number of likely N-dealkylation sites (tertiary alicyclic amines) is 1. The number of carbonyl (C=O) groups excluding carboxylic acids is 1. The van der Waals surface area contributed by atoms with Crippen molar-refractivity contribution in [3.05, 3.63) is 28.8 Å². The van der Waals surface area contributed by atoms with Gasteiger partial charge < -0.3 is 4.90 Å². The van der Waals surface area contributed by atoms with Crippen molar-refractivity contribution in [1.29, 1.82) is 0 Å². The second-order valence-electron chi connectivity index (χ2n) is 6.13. The van der Waals surface area contributed by atoms with E-state index in [1.54, 1.807) is 11.8 Å². The van der Waals surface area contributed by atoms with E-state index < -0.39 is 10.0 Å². The topological polar surface area (TPSA) is 66.5 Å². The second kappa shape index (κ2) is 6.38. The molecule has 5 nitrogen and oxygen atoms in total. The van der Waals surface area contributed by atoms with Crippen molar-refractivity contribution in [2.24, 2.45) is 0 Å². The zero-order valence-electron chi connectivity index (χ0n) is 13.6. The number of benzene rings is 1. The van der Waals surface area contributed by atoms with E-state index in [-0.39, 0.29) is 11.9 Å². The van der Waals surface area contributed by atoms with Crippen molar-refractivity contribution in [2.75, 3.05) is 13.1 Å². The lowest BCUT2D eigenvalue weighted by atomic mass is 10.1. The van der Waals surface area contributed by atoms with Gasteiger partial charge in [-0.1, -0.05) is 17.7 Å². The first-order valence-corrected chi connectivity index (χ1v) is 9.04. The molecular formula is C16H24N2O3S. The van der Waals surface area contributed by atoms with Crippen molar-refractivity contribution in [1.82, 2.24) is 9.62 Å². The highest BCUT2D eigenvalue weighted by molar-refractivity contribution is 7.89.